The Hall–Kier alpha value is -0.710. The minimum atomic E-state index is -2.57. The monoisotopic (exact) mass is 276 g/mol. The summed E-state index contributed by atoms with van der Waals surface area (Å²) in [7, 11) is 0. The van der Waals surface area contributed by atoms with E-state index in [-0.39, 0.29) is 13.0 Å². The first kappa shape index (κ1) is 10.8. The van der Waals surface area contributed by atoms with Crippen molar-refractivity contribution in [1.29, 1.82) is 0 Å². The zero-order chi connectivity index (χ0) is 11.1. The highest BCUT2D eigenvalue weighted by molar-refractivity contribution is 9.10. The number of halogens is 3. The first-order chi connectivity index (χ1) is 6.98. The molecule has 0 saturated carbocycles. The van der Waals surface area contributed by atoms with Crippen LogP contribution < -0.4 is 4.90 Å². The summed E-state index contributed by atoms with van der Waals surface area (Å²) in [4.78, 5) is 5.89. The summed E-state index contributed by atoms with van der Waals surface area (Å²) in [5.41, 5.74) is 0.822. The molecule has 0 aliphatic carbocycles. The van der Waals surface area contributed by atoms with Crippen LogP contribution in [0, 0.1) is 6.92 Å². The van der Waals surface area contributed by atoms with E-state index in [4.69, 9.17) is 0 Å². The van der Waals surface area contributed by atoms with Gasteiger partial charge in [-0.05, 0) is 35.0 Å². The molecule has 0 radical (unpaired) electrons. The molecule has 1 aromatic heterocycles. The number of anilines is 1. The fourth-order valence-corrected chi connectivity index (χ4v) is 1.86. The Morgan fingerprint density at radius 3 is 2.73 bits per heavy atom. The SMILES string of the molecule is Cc1nc(N2CCC(F)(F)C2)ccc1Br. The van der Waals surface area contributed by atoms with Crippen LogP contribution in [0.1, 0.15) is 12.1 Å². The molecule has 2 rings (SSSR count). The van der Waals surface area contributed by atoms with Gasteiger partial charge >= 0.3 is 0 Å². The second-order valence-electron chi connectivity index (χ2n) is 3.76. The molecule has 0 N–H and O–H groups in total. The normalized spacial score (nSPS) is 19.6. The third-order valence-electron chi connectivity index (χ3n) is 2.50. The average molecular weight is 277 g/mol. The zero-order valence-electron chi connectivity index (χ0n) is 8.30. The van der Waals surface area contributed by atoms with Crippen LogP contribution in [0.2, 0.25) is 0 Å². The molecule has 1 fully saturated rings. The average Bonchev–Trinajstić information content (AvgIpc) is 2.51. The molecule has 0 spiro atoms. The molecule has 0 unspecified atom stereocenters. The molecular formula is C10H11BrF2N2. The predicted molar refractivity (Wildman–Crippen MR) is 58.5 cm³/mol. The van der Waals surface area contributed by atoms with Crippen LogP contribution in [0.3, 0.4) is 0 Å². The lowest BCUT2D eigenvalue weighted by molar-refractivity contribution is 0.0256. The summed E-state index contributed by atoms with van der Waals surface area (Å²) < 4.78 is 26.9. The summed E-state index contributed by atoms with van der Waals surface area (Å²) >= 11 is 3.33. The zero-order valence-corrected chi connectivity index (χ0v) is 9.89. The number of rotatable bonds is 1. The Morgan fingerprint density at radius 1 is 1.47 bits per heavy atom. The van der Waals surface area contributed by atoms with Crippen LogP contribution in [-0.4, -0.2) is 24.0 Å². The van der Waals surface area contributed by atoms with E-state index in [1.54, 1.807) is 11.0 Å². The molecule has 0 aromatic carbocycles. The van der Waals surface area contributed by atoms with Crippen molar-refractivity contribution in [3.63, 3.8) is 0 Å². The van der Waals surface area contributed by atoms with Gasteiger partial charge in [-0.1, -0.05) is 0 Å². The molecule has 2 heterocycles. The van der Waals surface area contributed by atoms with Gasteiger partial charge in [0.15, 0.2) is 0 Å². The molecule has 0 atom stereocenters. The lowest BCUT2D eigenvalue weighted by Gasteiger charge is -2.17. The summed E-state index contributed by atoms with van der Waals surface area (Å²) in [6, 6.07) is 3.60. The summed E-state index contributed by atoms with van der Waals surface area (Å²) in [6.45, 7) is 2.00. The maximum absolute atomic E-state index is 13.0. The van der Waals surface area contributed by atoms with E-state index < -0.39 is 5.92 Å². The van der Waals surface area contributed by atoms with E-state index in [9.17, 15) is 8.78 Å². The van der Waals surface area contributed by atoms with Crippen molar-refractivity contribution in [3.05, 3.63) is 22.3 Å². The standard InChI is InChI=1S/C10H11BrF2N2/c1-7-8(11)2-3-9(14-7)15-5-4-10(12,13)6-15/h2-3H,4-6H2,1H3. The van der Waals surface area contributed by atoms with Crippen molar-refractivity contribution in [2.24, 2.45) is 0 Å². The Bertz CT molecular complexity index is 382. The maximum atomic E-state index is 13.0. The van der Waals surface area contributed by atoms with E-state index in [1.807, 2.05) is 13.0 Å². The highest BCUT2D eigenvalue weighted by atomic mass is 79.9. The Labute approximate surface area is 95.4 Å². The molecule has 15 heavy (non-hydrogen) atoms. The number of aryl methyl sites for hydroxylation is 1. The van der Waals surface area contributed by atoms with Crippen molar-refractivity contribution in [1.82, 2.24) is 4.98 Å². The van der Waals surface area contributed by atoms with Gasteiger partial charge in [0.25, 0.3) is 5.92 Å². The third kappa shape index (κ3) is 2.27. The van der Waals surface area contributed by atoms with Gasteiger partial charge in [0.05, 0.1) is 12.2 Å². The van der Waals surface area contributed by atoms with E-state index in [0.717, 1.165) is 10.2 Å². The predicted octanol–water partition coefficient (Wildman–Crippen LogP) is 3.00. The largest absolute Gasteiger partial charge is 0.350 e. The molecule has 82 valence electrons. The number of pyridine rings is 1. The van der Waals surface area contributed by atoms with Gasteiger partial charge < -0.3 is 4.90 Å². The summed E-state index contributed by atoms with van der Waals surface area (Å²) in [5, 5.41) is 0. The van der Waals surface area contributed by atoms with Gasteiger partial charge in [-0.2, -0.15) is 0 Å². The van der Waals surface area contributed by atoms with Gasteiger partial charge in [-0.25, -0.2) is 13.8 Å². The summed E-state index contributed by atoms with van der Waals surface area (Å²) in [5.74, 6) is -1.93. The molecule has 0 bridgehead atoms. The van der Waals surface area contributed by atoms with E-state index >= 15 is 0 Å². The van der Waals surface area contributed by atoms with Crippen LogP contribution in [0.25, 0.3) is 0 Å². The minimum absolute atomic E-state index is 0.0796. The molecule has 1 aromatic rings. The number of nitrogens with zero attached hydrogens (tertiary/aromatic N) is 2. The molecule has 1 aliphatic rings. The molecule has 1 saturated heterocycles. The molecule has 2 nitrogen and oxygen atoms in total. The van der Waals surface area contributed by atoms with Crippen LogP contribution in [0.15, 0.2) is 16.6 Å². The fraction of sp³-hybridized carbons (Fsp3) is 0.500. The van der Waals surface area contributed by atoms with Gasteiger partial charge in [0, 0.05) is 17.4 Å². The molecule has 5 heteroatoms. The minimum Gasteiger partial charge on any atom is -0.350 e. The van der Waals surface area contributed by atoms with Crippen molar-refractivity contribution < 1.29 is 8.78 Å². The topological polar surface area (TPSA) is 16.1 Å². The quantitative estimate of drug-likeness (QED) is 0.784. The van der Waals surface area contributed by atoms with Crippen LogP contribution in [0.5, 0.6) is 0 Å². The van der Waals surface area contributed by atoms with Gasteiger partial charge in [0.1, 0.15) is 5.82 Å². The first-order valence-electron chi connectivity index (χ1n) is 4.74. The second kappa shape index (κ2) is 3.70. The van der Waals surface area contributed by atoms with Crippen molar-refractivity contribution >= 4 is 21.7 Å². The highest BCUT2D eigenvalue weighted by Crippen LogP contribution is 2.30. The fourth-order valence-electron chi connectivity index (χ4n) is 1.64. The van der Waals surface area contributed by atoms with E-state index in [0.29, 0.717) is 12.4 Å². The van der Waals surface area contributed by atoms with Crippen molar-refractivity contribution in [3.8, 4) is 0 Å². The first-order valence-corrected chi connectivity index (χ1v) is 5.53. The maximum Gasteiger partial charge on any atom is 0.266 e. The van der Waals surface area contributed by atoms with Gasteiger partial charge in [-0.3, -0.25) is 0 Å². The number of alkyl halides is 2. The Morgan fingerprint density at radius 2 is 2.20 bits per heavy atom. The molecule has 1 aliphatic heterocycles. The van der Waals surface area contributed by atoms with Gasteiger partial charge in [-0.15, -0.1) is 0 Å². The molecular weight excluding hydrogens is 266 g/mol. The highest BCUT2D eigenvalue weighted by Gasteiger charge is 2.38. The van der Waals surface area contributed by atoms with Gasteiger partial charge in [0.2, 0.25) is 0 Å². The second-order valence-corrected chi connectivity index (χ2v) is 4.62. The Kier molecular flexibility index (Phi) is 2.66. The van der Waals surface area contributed by atoms with Crippen LogP contribution in [-0.2, 0) is 0 Å². The smallest absolute Gasteiger partial charge is 0.266 e. The van der Waals surface area contributed by atoms with Crippen LogP contribution >= 0.6 is 15.9 Å². The number of aromatic nitrogens is 1. The van der Waals surface area contributed by atoms with E-state index in [1.165, 1.54) is 0 Å². The van der Waals surface area contributed by atoms with Crippen molar-refractivity contribution in [2.75, 3.05) is 18.0 Å². The van der Waals surface area contributed by atoms with Crippen LogP contribution in [0.4, 0.5) is 14.6 Å². The Balaban J connectivity index is 2.21. The van der Waals surface area contributed by atoms with E-state index in [2.05, 4.69) is 20.9 Å². The number of hydrogen-bond donors (Lipinski definition) is 0. The lowest BCUT2D eigenvalue weighted by atomic mass is 10.3. The number of hydrogen-bond acceptors (Lipinski definition) is 2. The third-order valence-corrected chi connectivity index (χ3v) is 3.34. The van der Waals surface area contributed by atoms with Crippen molar-refractivity contribution in [2.45, 2.75) is 19.3 Å². The molecule has 0 amide bonds. The lowest BCUT2D eigenvalue weighted by Crippen LogP contribution is -2.25. The summed E-state index contributed by atoms with van der Waals surface area (Å²) in [6.07, 6.45) is -0.0796.